The van der Waals surface area contributed by atoms with Gasteiger partial charge in [-0.1, -0.05) is 39.0 Å². The molecule has 0 spiro atoms. The molecule has 24 heavy (non-hydrogen) atoms. The Morgan fingerprint density at radius 1 is 1.29 bits per heavy atom. The second kappa shape index (κ2) is 12.9. The first-order valence-electron chi connectivity index (χ1n) is 7.99. The molecule has 0 radical (unpaired) electrons. The minimum Gasteiger partial charge on any atom is -0.565 e. The number of ether oxygens (including phenoxy) is 1. The minimum absolute atomic E-state index is 0. The zero-order chi connectivity index (χ0) is 17.2. The summed E-state index contributed by atoms with van der Waals surface area (Å²) >= 11 is 0. The first-order chi connectivity index (χ1) is 11.1. The molecule has 1 N–H and O–H groups in total. The van der Waals surface area contributed by atoms with Crippen molar-refractivity contribution in [2.24, 2.45) is 0 Å². The van der Waals surface area contributed by atoms with E-state index in [2.05, 4.69) is 12.1 Å². The van der Waals surface area contributed by atoms with E-state index in [0.717, 1.165) is 6.08 Å². The van der Waals surface area contributed by atoms with Gasteiger partial charge in [-0.05, 0) is 49.5 Å². The predicted octanol–water partition coefficient (Wildman–Crippen LogP) is 3.40. The molecule has 126 valence electrons. The first kappa shape index (κ1) is 23.6. The Hall–Kier alpha value is -0.434. The summed E-state index contributed by atoms with van der Waals surface area (Å²) in [4.78, 5) is 0. The molecule has 0 aromatic heterocycles. The van der Waals surface area contributed by atoms with Gasteiger partial charge in [-0.25, -0.2) is 4.39 Å². The number of hydrogen-bond donors (Lipinski definition) is 1. The number of halogens is 1. The van der Waals surface area contributed by atoms with Crippen LogP contribution in [0.4, 0.5) is 4.39 Å². The summed E-state index contributed by atoms with van der Waals surface area (Å²) in [5.41, 5.74) is 4.34. The van der Waals surface area contributed by atoms with Crippen LogP contribution in [0.25, 0.3) is 5.48 Å². The van der Waals surface area contributed by atoms with E-state index in [0.29, 0.717) is 11.7 Å². The molecule has 3 nitrogen and oxygen atoms in total. The van der Waals surface area contributed by atoms with Gasteiger partial charge in [-0.2, -0.15) is 0 Å². The van der Waals surface area contributed by atoms with Crippen LogP contribution in [0.2, 0.25) is 0 Å². The SMILES string of the molecule is C=C(Oc1ccc(C2CCC2)cc1)/C(F)=C\C(=C/C)[N-]O.CC.[K+]. The van der Waals surface area contributed by atoms with Gasteiger partial charge in [-0.3, -0.25) is 0 Å². The van der Waals surface area contributed by atoms with Crippen LogP contribution in [0.1, 0.15) is 51.5 Å². The van der Waals surface area contributed by atoms with Crippen molar-refractivity contribution in [2.75, 3.05) is 0 Å². The van der Waals surface area contributed by atoms with Crippen molar-refractivity contribution in [3.63, 3.8) is 0 Å². The largest absolute Gasteiger partial charge is 1.00 e. The van der Waals surface area contributed by atoms with Gasteiger partial charge in [0.15, 0.2) is 11.6 Å². The van der Waals surface area contributed by atoms with E-state index in [4.69, 9.17) is 9.94 Å². The second-order valence-corrected chi connectivity index (χ2v) is 5.03. The number of benzene rings is 1. The third kappa shape index (κ3) is 7.21. The van der Waals surface area contributed by atoms with E-state index < -0.39 is 5.83 Å². The molecule has 1 aromatic carbocycles. The summed E-state index contributed by atoms with van der Waals surface area (Å²) in [7, 11) is 0. The Labute approximate surface area is 187 Å². The zero-order valence-electron chi connectivity index (χ0n) is 15.1. The molecule has 5 heteroatoms. The maximum Gasteiger partial charge on any atom is 1.00 e. The predicted molar refractivity (Wildman–Crippen MR) is 92.2 cm³/mol. The monoisotopic (exact) mass is 357 g/mol. The van der Waals surface area contributed by atoms with Gasteiger partial charge in [0, 0.05) is 0 Å². The van der Waals surface area contributed by atoms with E-state index in [9.17, 15) is 4.39 Å². The van der Waals surface area contributed by atoms with Crippen molar-refractivity contribution < 1.29 is 65.7 Å². The molecule has 0 saturated heterocycles. The summed E-state index contributed by atoms with van der Waals surface area (Å²) in [6.07, 6.45) is 6.30. The van der Waals surface area contributed by atoms with E-state index in [-0.39, 0.29) is 62.8 Å². The van der Waals surface area contributed by atoms with Crippen molar-refractivity contribution in [3.8, 4) is 5.75 Å². The van der Waals surface area contributed by atoms with Gasteiger partial charge in [0.25, 0.3) is 0 Å². The number of hydroxylamine groups is 1. The smallest absolute Gasteiger partial charge is 0.565 e. The standard InChI is InChI=1S/C17H19FNO2.C2H6.K/c1-3-15(19-20)11-17(18)12(2)21-16-9-7-14(8-10-16)13-5-4-6-13;1-2;/h3,7-11,13,20H,2,4-6H2,1H3;1-2H3;/q-1;;+1/b15-3+,17-11+;;. The van der Waals surface area contributed by atoms with Crippen molar-refractivity contribution in [1.82, 2.24) is 0 Å². The molecule has 2 rings (SSSR count). The Morgan fingerprint density at radius 3 is 2.29 bits per heavy atom. The molecule has 1 aliphatic carbocycles. The second-order valence-electron chi connectivity index (χ2n) is 5.03. The summed E-state index contributed by atoms with van der Waals surface area (Å²) in [6.45, 7) is 9.18. The fourth-order valence-corrected chi connectivity index (χ4v) is 2.12. The molecule has 0 heterocycles. The Balaban J connectivity index is 0.00000170. The molecule has 1 aromatic rings. The van der Waals surface area contributed by atoms with Crippen LogP contribution >= 0.6 is 0 Å². The maximum absolute atomic E-state index is 13.8. The van der Waals surface area contributed by atoms with Gasteiger partial charge in [0.05, 0.1) is 0 Å². The van der Waals surface area contributed by atoms with Gasteiger partial charge in [0.1, 0.15) is 5.75 Å². The number of nitrogens with zero attached hydrogens (tertiary/aromatic N) is 1. The fraction of sp³-hybridized carbons (Fsp3) is 0.368. The minimum atomic E-state index is -0.677. The average Bonchev–Trinajstić information content (AvgIpc) is 2.54. The summed E-state index contributed by atoms with van der Waals surface area (Å²) in [6, 6.07) is 7.65. The summed E-state index contributed by atoms with van der Waals surface area (Å²) in [5, 5.41) is 8.63. The van der Waals surface area contributed by atoms with Crippen LogP contribution in [0.5, 0.6) is 5.75 Å². The average molecular weight is 358 g/mol. The van der Waals surface area contributed by atoms with Crippen molar-refractivity contribution in [2.45, 2.75) is 46.0 Å². The molecule has 0 atom stereocenters. The van der Waals surface area contributed by atoms with Crippen LogP contribution in [-0.4, -0.2) is 5.21 Å². The van der Waals surface area contributed by atoms with Crippen molar-refractivity contribution in [1.29, 1.82) is 0 Å². The van der Waals surface area contributed by atoms with E-state index in [1.807, 2.05) is 38.1 Å². The number of hydrogen-bond acceptors (Lipinski definition) is 2. The van der Waals surface area contributed by atoms with E-state index >= 15 is 0 Å². The van der Waals surface area contributed by atoms with E-state index in [1.54, 1.807) is 6.92 Å². The molecule has 1 fully saturated rings. The van der Waals surface area contributed by atoms with Crippen LogP contribution in [-0.2, 0) is 0 Å². The summed E-state index contributed by atoms with van der Waals surface area (Å²) < 4.78 is 19.2. The molecule has 0 amide bonds. The number of allylic oxidation sites excluding steroid dienone is 3. The normalized spacial score (nSPS) is 14.5. The third-order valence-corrected chi connectivity index (χ3v) is 3.65. The van der Waals surface area contributed by atoms with E-state index in [1.165, 1.54) is 30.9 Å². The molecule has 0 bridgehead atoms. The first-order valence-corrected chi connectivity index (χ1v) is 7.99. The van der Waals surface area contributed by atoms with Crippen molar-refractivity contribution >= 4 is 0 Å². The third-order valence-electron chi connectivity index (χ3n) is 3.65. The van der Waals surface area contributed by atoms with Crippen molar-refractivity contribution in [3.05, 3.63) is 71.3 Å². The molecule has 1 saturated carbocycles. The van der Waals surface area contributed by atoms with Gasteiger partial charge in [-0.15, -0.1) is 11.8 Å². The van der Waals surface area contributed by atoms with Crippen LogP contribution in [0.3, 0.4) is 0 Å². The topological polar surface area (TPSA) is 43.6 Å². The fourth-order valence-electron chi connectivity index (χ4n) is 2.12. The summed E-state index contributed by atoms with van der Waals surface area (Å²) in [5.74, 6) is 0.398. The number of rotatable bonds is 6. The van der Waals surface area contributed by atoms with Gasteiger partial charge in [0.2, 0.25) is 0 Å². The molecule has 0 aliphatic heterocycles. The Morgan fingerprint density at radius 2 is 1.88 bits per heavy atom. The van der Waals surface area contributed by atoms with Crippen LogP contribution < -0.4 is 56.1 Å². The quantitative estimate of drug-likeness (QED) is 0.367. The van der Waals surface area contributed by atoms with Crippen LogP contribution in [0.15, 0.2) is 60.3 Å². The van der Waals surface area contributed by atoms with Crippen LogP contribution in [0, 0.1) is 0 Å². The molecular formula is C19H25FKNO2. The molecule has 1 aliphatic rings. The van der Waals surface area contributed by atoms with Gasteiger partial charge < -0.3 is 15.4 Å². The molecular weight excluding hydrogens is 332 g/mol. The molecule has 0 unspecified atom stereocenters. The van der Waals surface area contributed by atoms with Gasteiger partial charge >= 0.3 is 51.4 Å². The Kier molecular flexibility index (Phi) is 12.6. The Bertz CT molecular complexity index is 563. The zero-order valence-corrected chi connectivity index (χ0v) is 18.2. The maximum atomic E-state index is 13.8.